The number of imide groups is 1. The molecule has 0 atom stereocenters. The summed E-state index contributed by atoms with van der Waals surface area (Å²) < 4.78 is 45.7. The van der Waals surface area contributed by atoms with E-state index in [0.29, 0.717) is 28.3 Å². The van der Waals surface area contributed by atoms with Crippen LogP contribution in [0.25, 0.3) is 17.4 Å². The number of benzene rings is 2. The monoisotopic (exact) mass is 537 g/mol. The predicted octanol–water partition coefficient (Wildman–Crippen LogP) is 5.60. The van der Waals surface area contributed by atoms with Crippen LogP contribution in [0.5, 0.6) is 0 Å². The van der Waals surface area contributed by atoms with Crippen molar-refractivity contribution in [2.75, 3.05) is 11.9 Å². The van der Waals surface area contributed by atoms with Crippen LogP contribution in [-0.4, -0.2) is 33.4 Å². The molecule has 14 heteroatoms. The molecule has 1 aliphatic rings. The third kappa shape index (κ3) is 4.97. The van der Waals surface area contributed by atoms with E-state index in [2.05, 4.69) is 0 Å². The normalized spacial score (nSPS) is 14.6. The van der Waals surface area contributed by atoms with E-state index < -0.39 is 51.7 Å². The van der Waals surface area contributed by atoms with Crippen molar-refractivity contribution in [2.24, 2.45) is 0 Å². The van der Waals surface area contributed by atoms with Crippen LogP contribution >= 0.6 is 23.4 Å². The Morgan fingerprint density at radius 3 is 2.61 bits per heavy atom. The second-order valence-electron chi connectivity index (χ2n) is 7.16. The van der Waals surface area contributed by atoms with Crippen LogP contribution in [0.3, 0.4) is 0 Å². The lowest BCUT2D eigenvalue weighted by atomic mass is 10.1. The van der Waals surface area contributed by atoms with E-state index in [1.165, 1.54) is 36.4 Å². The molecule has 2 aromatic carbocycles. The van der Waals surface area contributed by atoms with E-state index in [1.807, 2.05) is 5.32 Å². The standard InChI is InChI=1S/C22H11ClF3N3O6S/c23-12-3-1-10(7-15(12)29(33)34)16-6-2-11(35-16)8-17-21(31)28(22(32)36-17)9-18(30)27-14-5-4-13(24)19(25)20(14)26/h1-8H,9H2,(H,27,30)/b17-8+. The summed E-state index contributed by atoms with van der Waals surface area (Å²) in [5, 5.41) is 12.2. The number of rotatable bonds is 6. The molecule has 3 amide bonds. The predicted molar refractivity (Wildman–Crippen MR) is 123 cm³/mol. The highest BCUT2D eigenvalue weighted by Crippen LogP contribution is 2.35. The van der Waals surface area contributed by atoms with Gasteiger partial charge in [-0.15, -0.1) is 0 Å². The molecule has 1 fully saturated rings. The van der Waals surface area contributed by atoms with Crippen molar-refractivity contribution >= 4 is 57.9 Å². The van der Waals surface area contributed by atoms with Crippen LogP contribution in [-0.2, 0) is 9.59 Å². The molecule has 2 heterocycles. The SMILES string of the molecule is O=C(CN1C(=O)S/C(=C/c2ccc(-c3ccc(Cl)c([N+](=O)[O-])c3)o2)C1=O)Nc1ccc(F)c(F)c1F. The number of nitrogens with one attached hydrogen (secondary N) is 1. The van der Waals surface area contributed by atoms with Crippen molar-refractivity contribution in [3.63, 3.8) is 0 Å². The molecule has 1 aromatic heterocycles. The molecule has 1 N–H and O–H groups in total. The lowest BCUT2D eigenvalue weighted by Crippen LogP contribution is -2.36. The number of carbonyl (C=O) groups excluding carboxylic acids is 3. The Morgan fingerprint density at radius 2 is 1.89 bits per heavy atom. The molecule has 0 aliphatic carbocycles. The van der Waals surface area contributed by atoms with Gasteiger partial charge < -0.3 is 9.73 Å². The van der Waals surface area contributed by atoms with Gasteiger partial charge in [-0.3, -0.25) is 29.4 Å². The van der Waals surface area contributed by atoms with E-state index in [-0.39, 0.29) is 27.1 Å². The third-order valence-corrected chi connectivity index (χ3v) is 6.04. The molecule has 4 rings (SSSR count). The van der Waals surface area contributed by atoms with Gasteiger partial charge >= 0.3 is 0 Å². The first-order valence-electron chi connectivity index (χ1n) is 9.78. The zero-order valence-electron chi connectivity index (χ0n) is 17.6. The zero-order chi connectivity index (χ0) is 26.1. The Bertz CT molecular complexity index is 1480. The van der Waals surface area contributed by atoms with E-state index in [4.69, 9.17) is 16.0 Å². The number of nitrogens with zero attached hydrogens (tertiary/aromatic N) is 2. The number of thioether (sulfide) groups is 1. The van der Waals surface area contributed by atoms with Gasteiger partial charge in [-0.1, -0.05) is 11.6 Å². The minimum Gasteiger partial charge on any atom is -0.457 e. The lowest BCUT2D eigenvalue weighted by molar-refractivity contribution is -0.384. The summed E-state index contributed by atoms with van der Waals surface area (Å²) in [5.41, 5.74) is -0.637. The summed E-state index contributed by atoms with van der Waals surface area (Å²) in [6.07, 6.45) is 1.24. The van der Waals surface area contributed by atoms with Crippen molar-refractivity contribution in [1.29, 1.82) is 0 Å². The molecule has 1 aliphatic heterocycles. The van der Waals surface area contributed by atoms with E-state index in [9.17, 15) is 37.7 Å². The number of carbonyl (C=O) groups is 3. The van der Waals surface area contributed by atoms with Crippen LogP contribution < -0.4 is 5.32 Å². The van der Waals surface area contributed by atoms with Gasteiger partial charge in [0.05, 0.1) is 15.5 Å². The molecule has 0 saturated carbocycles. The summed E-state index contributed by atoms with van der Waals surface area (Å²) >= 11 is 6.32. The van der Waals surface area contributed by atoms with Gasteiger partial charge in [0.25, 0.3) is 16.8 Å². The van der Waals surface area contributed by atoms with Gasteiger partial charge in [-0.2, -0.15) is 0 Å². The average molecular weight is 538 g/mol. The lowest BCUT2D eigenvalue weighted by Gasteiger charge is -2.13. The maximum absolute atomic E-state index is 13.8. The summed E-state index contributed by atoms with van der Waals surface area (Å²) in [6.45, 7) is -0.807. The summed E-state index contributed by atoms with van der Waals surface area (Å²) in [5.74, 6) is -6.35. The van der Waals surface area contributed by atoms with Gasteiger partial charge in [0, 0.05) is 17.7 Å². The summed E-state index contributed by atoms with van der Waals surface area (Å²) in [6, 6.07) is 8.41. The molecule has 9 nitrogen and oxygen atoms in total. The van der Waals surface area contributed by atoms with Crippen molar-refractivity contribution in [1.82, 2.24) is 4.90 Å². The highest BCUT2D eigenvalue weighted by molar-refractivity contribution is 8.18. The van der Waals surface area contributed by atoms with Crippen LogP contribution in [0.1, 0.15) is 5.76 Å². The average Bonchev–Trinajstić information content (AvgIpc) is 3.40. The van der Waals surface area contributed by atoms with Crippen molar-refractivity contribution in [2.45, 2.75) is 0 Å². The fraction of sp³-hybridized carbons (Fsp3) is 0.0455. The molecular formula is C22H11ClF3N3O6S. The molecule has 0 unspecified atom stereocenters. The molecule has 184 valence electrons. The van der Waals surface area contributed by atoms with Crippen LogP contribution in [0.4, 0.5) is 29.3 Å². The molecule has 0 radical (unpaired) electrons. The van der Waals surface area contributed by atoms with E-state index in [0.717, 1.165) is 6.07 Å². The Kier molecular flexibility index (Phi) is 6.86. The van der Waals surface area contributed by atoms with Gasteiger partial charge in [-0.25, -0.2) is 13.2 Å². The quantitative estimate of drug-likeness (QED) is 0.188. The van der Waals surface area contributed by atoms with Gasteiger partial charge in [0.15, 0.2) is 17.5 Å². The Morgan fingerprint density at radius 1 is 1.14 bits per heavy atom. The van der Waals surface area contributed by atoms with Crippen LogP contribution in [0.15, 0.2) is 51.8 Å². The van der Waals surface area contributed by atoms with Gasteiger partial charge in [0.2, 0.25) is 5.91 Å². The molecule has 1 saturated heterocycles. The molecule has 0 bridgehead atoms. The number of hydrogen-bond acceptors (Lipinski definition) is 7. The minimum atomic E-state index is -1.78. The number of nitro benzene ring substituents is 1. The summed E-state index contributed by atoms with van der Waals surface area (Å²) in [4.78, 5) is 48.0. The van der Waals surface area contributed by atoms with Crippen molar-refractivity contribution in [3.05, 3.63) is 85.7 Å². The minimum absolute atomic E-state index is 0.0551. The van der Waals surface area contributed by atoms with Crippen LogP contribution in [0, 0.1) is 27.6 Å². The van der Waals surface area contributed by atoms with Gasteiger partial charge in [0.1, 0.15) is 23.1 Å². The number of halogens is 4. The number of amides is 3. The van der Waals surface area contributed by atoms with Crippen LogP contribution in [0.2, 0.25) is 5.02 Å². The van der Waals surface area contributed by atoms with Gasteiger partial charge in [-0.05, 0) is 48.2 Å². The number of nitro groups is 1. The Balaban J connectivity index is 1.48. The summed E-state index contributed by atoms with van der Waals surface area (Å²) in [7, 11) is 0. The molecule has 0 spiro atoms. The fourth-order valence-corrected chi connectivity index (χ4v) is 4.12. The fourth-order valence-electron chi connectivity index (χ4n) is 3.11. The van der Waals surface area contributed by atoms with E-state index in [1.54, 1.807) is 0 Å². The Labute approximate surface area is 208 Å². The first-order chi connectivity index (χ1) is 17.0. The topological polar surface area (TPSA) is 123 Å². The van der Waals surface area contributed by atoms with E-state index >= 15 is 0 Å². The smallest absolute Gasteiger partial charge is 0.294 e. The highest BCUT2D eigenvalue weighted by atomic mass is 35.5. The Hall–Kier alpha value is -4.10. The second-order valence-corrected chi connectivity index (χ2v) is 8.56. The molecule has 3 aromatic rings. The third-order valence-electron chi connectivity index (χ3n) is 4.81. The van der Waals surface area contributed by atoms with Crippen molar-refractivity contribution < 1.29 is 36.9 Å². The number of hydrogen-bond donors (Lipinski definition) is 1. The maximum atomic E-state index is 13.8. The number of furan rings is 1. The first-order valence-corrected chi connectivity index (χ1v) is 11.0. The largest absolute Gasteiger partial charge is 0.457 e. The maximum Gasteiger partial charge on any atom is 0.294 e. The number of anilines is 1. The second kappa shape index (κ2) is 9.87. The molecular weight excluding hydrogens is 527 g/mol. The highest BCUT2D eigenvalue weighted by Gasteiger charge is 2.36. The van der Waals surface area contributed by atoms with Crippen molar-refractivity contribution in [3.8, 4) is 11.3 Å². The molecule has 36 heavy (non-hydrogen) atoms. The first kappa shape index (κ1) is 25.0. The zero-order valence-corrected chi connectivity index (χ0v) is 19.2.